The number of rotatable bonds is 7. The monoisotopic (exact) mass is 519 g/mol. The van der Waals surface area contributed by atoms with E-state index < -0.39 is 0 Å². The molecule has 5 nitrogen and oxygen atoms in total. The number of hydrogen-bond donors (Lipinski definition) is 1. The van der Waals surface area contributed by atoms with Crippen LogP contribution < -0.4 is 10.1 Å². The topological polar surface area (TPSA) is 56.2 Å². The normalized spacial score (nSPS) is 10.8. The van der Waals surface area contributed by atoms with Crippen molar-refractivity contribution in [2.75, 3.05) is 5.32 Å². The largest absolute Gasteiger partial charge is 0.487 e. The van der Waals surface area contributed by atoms with Gasteiger partial charge in [-0.3, -0.25) is 9.48 Å². The summed E-state index contributed by atoms with van der Waals surface area (Å²) in [5.41, 5.74) is 2.14. The second-order valence-electron chi connectivity index (χ2n) is 7.11. The van der Waals surface area contributed by atoms with E-state index in [-0.39, 0.29) is 5.91 Å². The predicted molar refractivity (Wildman–Crippen MR) is 133 cm³/mol. The van der Waals surface area contributed by atoms with Crippen LogP contribution >= 0.6 is 46.4 Å². The van der Waals surface area contributed by atoms with Crippen LogP contribution in [0, 0.1) is 0 Å². The zero-order valence-corrected chi connectivity index (χ0v) is 20.1. The predicted octanol–water partition coefficient (Wildman–Crippen LogP) is 7.38. The van der Waals surface area contributed by atoms with Gasteiger partial charge in [-0.25, -0.2) is 0 Å². The van der Waals surface area contributed by atoms with Crippen molar-refractivity contribution in [3.63, 3.8) is 0 Å². The Labute approximate surface area is 210 Å². The molecule has 0 spiro atoms. The van der Waals surface area contributed by atoms with Gasteiger partial charge >= 0.3 is 0 Å². The number of nitrogens with zero attached hydrogens (tertiary/aromatic N) is 2. The van der Waals surface area contributed by atoms with Crippen LogP contribution in [0.25, 0.3) is 0 Å². The molecule has 4 rings (SSSR count). The second kappa shape index (κ2) is 10.5. The van der Waals surface area contributed by atoms with Crippen molar-refractivity contribution in [3.05, 3.63) is 110 Å². The molecule has 1 N–H and O–H groups in total. The minimum absolute atomic E-state index is 0.274. The maximum Gasteiger partial charge on any atom is 0.256 e. The SMILES string of the molecule is O=C(Nc1ccn(Cc2c(Cl)cccc2Cl)n1)c1ccc(COc2ccc(Cl)cc2Cl)cc1. The van der Waals surface area contributed by atoms with Crippen LogP contribution in [-0.4, -0.2) is 15.7 Å². The van der Waals surface area contributed by atoms with E-state index in [2.05, 4.69) is 10.4 Å². The highest BCUT2D eigenvalue weighted by Crippen LogP contribution is 2.28. The van der Waals surface area contributed by atoms with Gasteiger partial charge in [-0.05, 0) is 48.0 Å². The van der Waals surface area contributed by atoms with Crippen molar-refractivity contribution < 1.29 is 9.53 Å². The van der Waals surface area contributed by atoms with Crippen molar-refractivity contribution in [3.8, 4) is 5.75 Å². The van der Waals surface area contributed by atoms with E-state index >= 15 is 0 Å². The minimum Gasteiger partial charge on any atom is -0.487 e. The molecule has 1 amide bonds. The molecule has 9 heteroatoms. The highest BCUT2D eigenvalue weighted by molar-refractivity contribution is 6.36. The van der Waals surface area contributed by atoms with E-state index in [1.165, 1.54) is 0 Å². The molecule has 0 saturated heterocycles. The molecule has 0 radical (unpaired) electrons. The lowest BCUT2D eigenvalue weighted by molar-refractivity contribution is 0.102. The Morgan fingerprint density at radius 3 is 2.33 bits per heavy atom. The summed E-state index contributed by atoms with van der Waals surface area (Å²) in [5, 5.41) is 9.26. The van der Waals surface area contributed by atoms with Crippen LogP contribution in [0.3, 0.4) is 0 Å². The third-order valence-corrected chi connectivity index (χ3v) is 6.01. The molecule has 4 aromatic rings. The number of carbonyl (C=O) groups is 1. The first-order valence-electron chi connectivity index (χ1n) is 9.83. The van der Waals surface area contributed by atoms with Gasteiger partial charge in [0.25, 0.3) is 5.91 Å². The first-order valence-corrected chi connectivity index (χ1v) is 11.3. The fourth-order valence-electron chi connectivity index (χ4n) is 3.06. The molecular formula is C24H17Cl4N3O2. The van der Waals surface area contributed by atoms with Gasteiger partial charge < -0.3 is 10.1 Å². The number of anilines is 1. The van der Waals surface area contributed by atoms with Gasteiger partial charge in [0.1, 0.15) is 12.4 Å². The number of benzene rings is 3. The molecular weight excluding hydrogens is 504 g/mol. The molecule has 1 heterocycles. The summed E-state index contributed by atoms with van der Waals surface area (Å²) in [6.45, 7) is 0.693. The van der Waals surface area contributed by atoms with Crippen LogP contribution in [0.15, 0.2) is 72.9 Å². The fraction of sp³-hybridized carbons (Fsp3) is 0.0833. The van der Waals surface area contributed by atoms with E-state index in [1.54, 1.807) is 65.5 Å². The maximum absolute atomic E-state index is 12.6. The molecule has 0 aliphatic heterocycles. The number of hydrogen-bond acceptors (Lipinski definition) is 3. The van der Waals surface area contributed by atoms with Crippen LogP contribution in [0.4, 0.5) is 5.82 Å². The summed E-state index contributed by atoms with van der Waals surface area (Å²) in [4.78, 5) is 12.6. The number of nitrogens with one attached hydrogen (secondary N) is 1. The van der Waals surface area contributed by atoms with Crippen LogP contribution in [0.5, 0.6) is 5.75 Å². The highest BCUT2D eigenvalue weighted by Gasteiger charge is 2.11. The van der Waals surface area contributed by atoms with Gasteiger partial charge in [0.2, 0.25) is 0 Å². The highest BCUT2D eigenvalue weighted by atomic mass is 35.5. The molecule has 33 heavy (non-hydrogen) atoms. The third-order valence-electron chi connectivity index (χ3n) is 4.77. The van der Waals surface area contributed by atoms with Crippen LogP contribution in [0.2, 0.25) is 20.1 Å². The average Bonchev–Trinajstić information content (AvgIpc) is 3.23. The van der Waals surface area contributed by atoms with Gasteiger partial charge in [-0.15, -0.1) is 0 Å². The van der Waals surface area contributed by atoms with Crippen LogP contribution in [-0.2, 0) is 13.2 Å². The Morgan fingerprint density at radius 1 is 0.909 bits per heavy atom. The number of amides is 1. The van der Waals surface area contributed by atoms with Crippen molar-refractivity contribution in [2.45, 2.75) is 13.2 Å². The van der Waals surface area contributed by atoms with Gasteiger partial charge in [0.05, 0.1) is 11.6 Å². The molecule has 0 aliphatic rings. The Morgan fingerprint density at radius 2 is 1.64 bits per heavy atom. The lowest BCUT2D eigenvalue weighted by atomic mass is 10.1. The van der Waals surface area contributed by atoms with E-state index in [9.17, 15) is 4.79 Å². The van der Waals surface area contributed by atoms with Gasteiger partial charge in [-0.1, -0.05) is 64.6 Å². The second-order valence-corrected chi connectivity index (χ2v) is 8.77. The summed E-state index contributed by atoms with van der Waals surface area (Å²) in [5.74, 6) is 0.689. The molecule has 3 aromatic carbocycles. The van der Waals surface area contributed by atoms with Gasteiger partial charge in [-0.2, -0.15) is 5.10 Å². The van der Waals surface area contributed by atoms with Gasteiger partial charge in [0.15, 0.2) is 5.82 Å². The zero-order chi connectivity index (χ0) is 23.4. The molecule has 0 saturated carbocycles. The molecule has 0 atom stereocenters. The maximum atomic E-state index is 12.6. The van der Waals surface area contributed by atoms with E-state index in [0.29, 0.717) is 50.4 Å². The molecule has 0 bridgehead atoms. The van der Waals surface area contributed by atoms with Crippen molar-refractivity contribution in [1.29, 1.82) is 0 Å². The first-order chi connectivity index (χ1) is 15.9. The van der Waals surface area contributed by atoms with E-state index in [4.69, 9.17) is 51.1 Å². The quantitative estimate of drug-likeness (QED) is 0.276. The third kappa shape index (κ3) is 6.01. The smallest absolute Gasteiger partial charge is 0.256 e. The summed E-state index contributed by atoms with van der Waals surface area (Å²) < 4.78 is 7.38. The standard InChI is InChI=1S/C24H17Cl4N3O2/c25-17-8-9-22(21(28)12-17)33-14-15-4-6-16(7-5-15)24(32)29-23-10-11-31(30-23)13-18-19(26)2-1-3-20(18)27/h1-12H,13-14H2,(H,29,30,32). The molecule has 1 aromatic heterocycles. The van der Waals surface area contributed by atoms with Crippen molar-refractivity contribution in [2.24, 2.45) is 0 Å². The lowest BCUT2D eigenvalue weighted by Crippen LogP contribution is -2.13. The Bertz CT molecular complexity index is 1270. The molecule has 168 valence electrons. The number of aromatic nitrogens is 2. The summed E-state index contributed by atoms with van der Waals surface area (Å²) in [6, 6.07) is 19.2. The average molecular weight is 521 g/mol. The molecule has 0 aliphatic carbocycles. The molecule has 0 fully saturated rings. The van der Waals surface area contributed by atoms with Crippen molar-refractivity contribution >= 4 is 58.1 Å². The number of halogens is 4. The van der Waals surface area contributed by atoms with E-state index in [0.717, 1.165) is 11.1 Å². The Hall–Kier alpha value is -2.70. The minimum atomic E-state index is -0.274. The summed E-state index contributed by atoms with van der Waals surface area (Å²) in [6.07, 6.45) is 1.75. The summed E-state index contributed by atoms with van der Waals surface area (Å²) >= 11 is 24.5. The van der Waals surface area contributed by atoms with Crippen LogP contribution in [0.1, 0.15) is 21.5 Å². The zero-order valence-electron chi connectivity index (χ0n) is 17.1. The first kappa shape index (κ1) is 23.5. The lowest BCUT2D eigenvalue weighted by Gasteiger charge is -2.09. The number of ether oxygens (including phenoxy) is 1. The van der Waals surface area contributed by atoms with Gasteiger partial charge in [0, 0.05) is 38.5 Å². The number of carbonyl (C=O) groups excluding carboxylic acids is 1. The molecule has 0 unspecified atom stereocenters. The fourth-order valence-corrected chi connectivity index (χ4v) is 4.04. The van der Waals surface area contributed by atoms with Crippen molar-refractivity contribution in [1.82, 2.24) is 9.78 Å². The summed E-state index contributed by atoms with van der Waals surface area (Å²) in [7, 11) is 0. The Balaban J connectivity index is 1.35. The van der Waals surface area contributed by atoms with E-state index in [1.807, 2.05) is 12.1 Å². The Kier molecular flexibility index (Phi) is 7.46.